The zero-order valence-corrected chi connectivity index (χ0v) is 6.08. The Hall–Kier alpha value is -0.570. The lowest BCUT2D eigenvalue weighted by Gasteiger charge is -2.12. The molecule has 0 N–H and O–H groups in total. The van der Waals surface area contributed by atoms with Gasteiger partial charge in [-0.1, -0.05) is 0 Å². The quantitative estimate of drug-likeness (QED) is 0.417. The molecule has 1 rings (SSSR count). The second-order valence-electron chi connectivity index (χ2n) is 2.52. The Bertz CT molecular complexity index is 99.8. The lowest BCUT2D eigenvalue weighted by Crippen LogP contribution is -2.23. The summed E-state index contributed by atoms with van der Waals surface area (Å²) < 4.78 is 4.57. The van der Waals surface area contributed by atoms with Gasteiger partial charge in [-0.25, -0.2) is 0 Å². The molecule has 3 nitrogen and oxygen atoms in total. The summed E-state index contributed by atoms with van der Waals surface area (Å²) in [7, 11) is 0. The molecule has 0 amide bonds. The van der Waals surface area contributed by atoms with Gasteiger partial charge in [-0.3, -0.25) is 9.69 Å². The minimum Gasteiger partial charge on any atom is -0.467 e. The van der Waals surface area contributed by atoms with Crippen LogP contribution in [-0.2, 0) is 9.53 Å². The Labute approximate surface area is 61.0 Å². The summed E-state index contributed by atoms with van der Waals surface area (Å²) in [5, 5.41) is 0. The summed E-state index contributed by atoms with van der Waals surface area (Å²) in [5.41, 5.74) is 0. The molecule has 0 saturated carbocycles. The zero-order valence-electron chi connectivity index (χ0n) is 6.08. The predicted molar refractivity (Wildman–Crippen MR) is 37.7 cm³/mol. The van der Waals surface area contributed by atoms with Crippen LogP contribution < -0.4 is 0 Å². The maximum atomic E-state index is 9.74. The van der Waals surface area contributed by atoms with Crippen molar-refractivity contribution in [3.05, 3.63) is 0 Å². The molecule has 1 saturated heterocycles. The molecule has 0 atom stereocenters. The molecular weight excluding hydrogens is 130 g/mol. The fourth-order valence-electron chi connectivity index (χ4n) is 1.24. The fraction of sp³-hybridized carbons (Fsp3) is 0.857. The smallest absolute Gasteiger partial charge is 0.293 e. The zero-order chi connectivity index (χ0) is 7.23. The fourth-order valence-corrected chi connectivity index (χ4v) is 1.24. The molecule has 0 aliphatic carbocycles. The number of hydrogen-bond donors (Lipinski definition) is 0. The van der Waals surface area contributed by atoms with Gasteiger partial charge in [0, 0.05) is 6.54 Å². The summed E-state index contributed by atoms with van der Waals surface area (Å²) >= 11 is 0. The first kappa shape index (κ1) is 7.54. The molecule has 0 bridgehead atoms. The third-order valence-corrected chi connectivity index (χ3v) is 1.79. The maximum Gasteiger partial charge on any atom is 0.293 e. The number of ether oxygens (including phenoxy) is 1. The van der Waals surface area contributed by atoms with Gasteiger partial charge in [-0.15, -0.1) is 0 Å². The molecular formula is C7H13NO2. The van der Waals surface area contributed by atoms with Gasteiger partial charge in [-0.2, -0.15) is 0 Å². The second kappa shape index (κ2) is 4.28. The molecule has 10 heavy (non-hydrogen) atoms. The van der Waals surface area contributed by atoms with E-state index in [1.165, 1.54) is 25.9 Å². The molecule has 0 radical (unpaired) electrons. The van der Waals surface area contributed by atoms with Gasteiger partial charge in [-0.05, 0) is 25.9 Å². The van der Waals surface area contributed by atoms with Gasteiger partial charge in [0.25, 0.3) is 6.47 Å². The molecule has 3 heteroatoms. The number of nitrogens with zero attached hydrogens (tertiary/aromatic N) is 1. The summed E-state index contributed by atoms with van der Waals surface area (Å²) in [5.74, 6) is 0. The van der Waals surface area contributed by atoms with Gasteiger partial charge in [0.05, 0.1) is 0 Å². The van der Waals surface area contributed by atoms with E-state index in [0.29, 0.717) is 13.1 Å². The van der Waals surface area contributed by atoms with E-state index in [1.807, 2.05) is 0 Å². The van der Waals surface area contributed by atoms with Crippen molar-refractivity contribution in [3.63, 3.8) is 0 Å². The highest BCUT2D eigenvalue weighted by Crippen LogP contribution is 2.05. The van der Waals surface area contributed by atoms with Crippen LogP contribution in [0.25, 0.3) is 0 Å². The van der Waals surface area contributed by atoms with Crippen LogP contribution in [0.15, 0.2) is 0 Å². The van der Waals surface area contributed by atoms with E-state index in [2.05, 4.69) is 9.64 Å². The lowest BCUT2D eigenvalue weighted by atomic mass is 10.4. The largest absolute Gasteiger partial charge is 0.467 e. The van der Waals surface area contributed by atoms with Crippen molar-refractivity contribution >= 4 is 6.47 Å². The Morgan fingerprint density at radius 2 is 2.10 bits per heavy atom. The Morgan fingerprint density at radius 3 is 2.70 bits per heavy atom. The van der Waals surface area contributed by atoms with Crippen LogP contribution in [0.1, 0.15) is 12.8 Å². The maximum absolute atomic E-state index is 9.74. The number of rotatable bonds is 4. The van der Waals surface area contributed by atoms with E-state index in [4.69, 9.17) is 0 Å². The van der Waals surface area contributed by atoms with Crippen LogP contribution in [0.2, 0.25) is 0 Å². The van der Waals surface area contributed by atoms with Crippen molar-refractivity contribution in [1.82, 2.24) is 4.90 Å². The van der Waals surface area contributed by atoms with Crippen molar-refractivity contribution < 1.29 is 9.53 Å². The van der Waals surface area contributed by atoms with E-state index < -0.39 is 0 Å². The first-order valence-electron chi connectivity index (χ1n) is 3.71. The Morgan fingerprint density at radius 1 is 1.40 bits per heavy atom. The van der Waals surface area contributed by atoms with Gasteiger partial charge in [0.2, 0.25) is 0 Å². The van der Waals surface area contributed by atoms with E-state index in [1.54, 1.807) is 0 Å². The molecule has 0 spiro atoms. The van der Waals surface area contributed by atoms with E-state index in [-0.39, 0.29) is 0 Å². The first-order valence-corrected chi connectivity index (χ1v) is 3.71. The third kappa shape index (κ3) is 2.35. The summed E-state index contributed by atoms with van der Waals surface area (Å²) in [6.45, 7) is 4.29. The van der Waals surface area contributed by atoms with Crippen molar-refractivity contribution in [3.8, 4) is 0 Å². The van der Waals surface area contributed by atoms with Crippen molar-refractivity contribution in [1.29, 1.82) is 0 Å². The molecule has 0 aromatic rings. The van der Waals surface area contributed by atoms with Crippen LogP contribution in [-0.4, -0.2) is 37.6 Å². The average molecular weight is 143 g/mol. The van der Waals surface area contributed by atoms with Gasteiger partial charge in [0.15, 0.2) is 0 Å². The van der Waals surface area contributed by atoms with Gasteiger partial charge in [0.1, 0.15) is 6.61 Å². The molecule has 0 aromatic heterocycles. The molecule has 58 valence electrons. The molecule has 1 aliphatic heterocycles. The van der Waals surface area contributed by atoms with E-state index in [0.717, 1.165) is 6.54 Å². The summed E-state index contributed by atoms with van der Waals surface area (Å²) in [6.07, 6.45) is 2.59. The monoisotopic (exact) mass is 143 g/mol. The first-order chi connectivity index (χ1) is 4.93. The van der Waals surface area contributed by atoms with Crippen LogP contribution in [0, 0.1) is 0 Å². The summed E-state index contributed by atoms with van der Waals surface area (Å²) in [6, 6.07) is 0. The van der Waals surface area contributed by atoms with Gasteiger partial charge < -0.3 is 4.74 Å². The average Bonchev–Trinajstić information content (AvgIpc) is 2.41. The van der Waals surface area contributed by atoms with Crippen molar-refractivity contribution in [2.45, 2.75) is 12.8 Å². The highest BCUT2D eigenvalue weighted by Gasteiger charge is 2.09. The molecule has 0 aromatic carbocycles. The van der Waals surface area contributed by atoms with Crippen molar-refractivity contribution in [2.24, 2.45) is 0 Å². The predicted octanol–water partition coefficient (Wildman–Crippen LogP) is 0.255. The Balaban J connectivity index is 1.96. The standard InChI is InChI=1S/C7H13NO2/c9-7-10-6-5-8-3-1-2-4-8/h7H,1-6H2. The van der Waals surface area contributed by atoms with Crippen LogP contribution in [0.3, 0.4) is 0 Å². The summed E-state index contributed by atoms with van der Waals surface area (Å²) in [4.78, 5) is 12.0. The number of likely N-dealkylation sites (tertiary alicyclic amines) is 1. The highest BCUT2D eigenvalue weighted by molar-refractivity contribution is 5.36. The third-order valence-electron chi connectivity index (χ3n) is 1.79. The highest BCUT2D eigenvalue weighted by atomic mass is 16.5. The lowest BCUT2D eigenvalue weighted by molar-refractivity contribution is -0.129. The normalized spacial score (nSPS) is 19.2. The van der Waals surface area contributed by atoms with Crippen LogP contribution >= 0.6 is 0 Å². The molecule has 1 fully saturated rings. The van der Waals surface area contributed by atoms with Crippen molar-refractivity contribution in [2.75, 3.05) is 26.2 Å². The molecule has 1 heterocycles. The molecule has 1 aliphatic rings. The van der Waals surface area contributed by atoms with E-state index >= 15 is 0 Å². The van der Waals surface area contributed by atoms with E-state index in [9.17, 15) is 4.79 Å². The Kier molecular flexibility index (Phi) is 3.22. The minimum atomic E-state index is 0.510. The van der Waals surface area contributed by atoms with Crippen LogP contribution in [0.4, 0.5) is 0 Å². The van der Waals surface area contributed by atoms with Gasteiger partial charge >= 0.3 is 0 Å². The minimum absolute atomic E-state index is 0.510. The second-order valence-corrected chi connectivity index (χ2v) is 2.52. The topological polar surface area (TPSA) is 29.5 Å². The number of carbonyl (C=O) groups is 1. The van der Waals surface area contributed by atoms with Crippen LogP contribution in [0.5, 0.6) is 0 Å². The number of hydrogen-bond acceptors (Lipinski definition) is 3. The SMILES string of the molecule is O=COCCN1CCCC1. The molecule has 0 unspecified atom stereocenters. The number of carbonyl (C=O) groups excluding carboxylic acids is 1.